The van der Waals surface area contributed by atoms with E-state index in [0.29, 0.717) is 22.4 Å². The fraction of sp³-hybridized carbons (Fsp3) is 0.455. The summed E-state index contributed by atoms with van der Waals surface area (Å²) in [4.78, 5) is 15.8. The molecule has 0 radical (unpaired) electrons. The second-order valence-electron chi connectivity index (χ2n) is 3.73. The normalized spacial score (nSPS) is 10.7. The Hall–Kier alpha value is -1.03. The SMILES string of the molecule is Cc1cnc(N)c(C(=O)CSC(C)C)c1. The van der Waals surface area contributed by atoms with Crippen molar-refractivity contribution in [3.8, 4) is 0 Å². The van der Waals surface area contributed by atoms with Gasteiger partial charge in [0.15, 0.2) is 5.78 Å². The van der Waals surface area contributed by atoms with Crippen LogP contribution in [0.25, 0.3) is 0 Å². The van der Waals surface area contributed by atoms with Gasteiger partial charge in [0.05, 0.1) is 11.3 Å². The Morgan fingerprint density at radius 2 is 2.27 bits per heavy atom. The molecule has 0 saturated heterocycles. The molecule has 0 unspecified atom stereocenters. The van der Waals surface area contributed by atoms with Gasteiger partial charge in [0.2, 0.25) is 0 Å². The molecule has 0 saturated carbocycles. The third-order valence-electron chi connectivity index (χ3n) is 1.90. The van der Waals surface area contributed by atoms with Crippen molar-refractivity contribution in [2.45, 2.75) is 26.0 Å². The minimum absolute atomic E-state index is 0.0578. The van der Waals surface area contributed by atoms with Crippen molar-refractivity contribution in [3.05, 3.63) is 23.4 Å². The van der Waals surface area contributed by atoms with Gasteiger partial charge in [-0.25, -0.2) is 4.98 Å². The van der Waals surface area contributed by atoms with Crippen LogP contribution >= 0.6 is 11.8 Å². The summed E-state index contributed by atoms with van der Waals surface area (Å²) in [6.07, 6.45) is 1.67. The van der Waals surface area contributed by atoms with Gasteiger partial charge in [0.1, 0.15) is 5.82 Å². The van der Waals surface area contributed by atoms with Crippen LogP contribution < -0.4 is 5.73 Å². The van der Waals surface area contributed by atoms with Crippen LogP contribution in [0.3, 0.4) is 0 Å². The first-order valence-electron chi connectivity index (χ1n) is 4.87. The number of pyridine rings is 1. The van der Waals surface area contributed by atoms with Crippen LogP contribution in [-0.4, -0.2) is 21.8 Å². The lowest BCUT2D eigenvalue weighted by Gasteiger charge is -2.06. The molecule has 1 aromatic heterocycles. The van der Waals surface area contributed by atoms with Crippen molar-refractivity contribution in [3.63, 3.8) is 0 Å². The highest BCUT2D eigenvalue weighted by molar-refractivity contribution is 8.00. The largest absolute Gasteiger partial charge is 0.383 e. The molecule has 4 heteroatoms. The van der Waals surface area contributed by atoms with Crippen LogP contribution in [0.4, 0.5) is 5.82 Å². The maximum absolute atomic E-state index is 11.8. The van der Waals surface area contributed by atoms with Gasteiger partial charge in [-0.1, -0.05) is 13.8 Å². The van der Waals surface area contributed by atoms with E-state index in [1.165, 1.54) is 0 Å². The highest BCUT2D eigenvalue weighted by atomic mass is 32.2. The number of aryl methyl sites for hydroxylation is 1. The average Bonchev–Trinajstić information content (AvgIpc) is 2.18. The Labute approximate surface area is 94.5 Å². The number of rotatable bonds is 4. The first-order valence-corrected chi connectivity index (χ1v) is 5.92. The molecule has 15 heavy (non-hydrogen) atoms. The molecule has 2 N–H and O–H groups in total. The van der Waals surface area contributed by atoms with E-state index < -0.39 is 0 Å². The molecule has 0 bridgehead atoms. The third kappa shape index (κ3) is 3.55. The number of nitrogens with zero attached hydrogens (tertiary/aromatic N) is 1. The van der Waals surface area contributed by atoms with E-state index >= 15 is 0 Å². The minimum atomic E-state index is 0.0578. The molecule has 0 aliphatic rings. The highest BCUT2D eigenvalue weighted by Gasteiger charge is 2.11. The number of nitrogens with two attached hydrogens (primary N) is 1. The fourth-order valence-electron chi connectivity index (χ4n) is 1.12. The molecule has 0 aromatic carbocycles. The van der Waals surface area contributed by atoms with E-state index in [4.69, 9.17) is 5.73 Å². The molecule has 0 aliphatic heterocycles. The van der Waals surface area contributed by atoms with E-state index in [1.54, 1.807) is 24.0 Å². The Morgan fingerprint density at radius 1 is 1.60 bits per heavy atom. The summed E-state index contributed by atoms with van der Waals surface area (Å²) in [7, 11) is 0. The second kappa shape index (κ2) is 5.16. The summed E-state index contributed by atoms with van der Waals surface area (Å²) in [5.74, 6) is 0.852. The molecule has 0 amide bonds. The number of carbonyl (C=O) groups excluding carboxylic acids is 1. The number of aromatic nitrogens is 1. The van der Waals surface area contributed by atoms with E-state index in [-0.39, 0.29) is 5.78 Å². The summed E-state index contributed by atoms with van der Waals surface area (Å²) in [5, 5.41) is 0.452. The van der Waals surface area contributed by atoms with Crippen LogP contribution in [0.5, 0.6) is 0 Å². The van der Waals surface area contributed by atoms with Gasteiger partial charge in [-0.2, -0.15) is 11.8 Å². The quantitative estimate of drug-likeness (QED) is 0.797. The van der Waals surface area contributed by atoms with Crippen LogP contribution in [0.1, 0.15) is 29.8 Å². The Balaban J connectivity index is 2.77. The lowest BCUT2D eigenvalue weighted by atomic mass is 10.1. The van der Waals surface area contributed by atoms with E-state index in [9.17, 15) is 4.79 Å². The molecule has 0 fully saturated rings. The van der Waals surface area contributed by atoms with Crippen molar-refractivity contribution in [1.29, 1.82) is 0 Å². The van der Waals surface area contributed by atoms with Crippen LogP contribution in [0.2, 0.25) is 0 Å². The number of anilines is 1. The maximum atomic E-state index is 11.8. The first kappa shape index (κ1) is 12.0. The summed E-state index contributed by atoms with van der Waals surface area (Å²) >= 11 is 1.62. The van der Waals surface area contributed by atoms with E-state index in [2.05, 4.69) is 18.8 Å². The number of Topliss-reactive ketones (excluding diaryl/α,β-unsaturated/α-hetero) is 1. The van der Waals surface area contributed by atoms with Gasteiger partial charge in [-0.15, -0.1) is 0 Å². The van der Waals surface area contributed by atoms with Gasteiger partial charge in [0.25, 0.3) is 0 Å². The molecule has 82 valence electrons. The summed E-state index contributed by atoms with van der Waals surface area (Å²) in [6, 6.07) is 1.80. The lowest BCUT2D eigenvalue weighted by Crippen LogP contribution is -2.09. The third-order valence-corrected chi connectivity index (χ3v) is 3.00. The van der Waals surface area contributed by atoms with Crippen molar-refractivity contribution in [1.82, 2.24) is 4.98 Å². The molecule has 1 heterocycles. The maximum Gasteiger partial charge on any atom is 0.176 e. The number of hydrogen-bond acceptors (Lipinski definition) is 4. The lowest BCUT2D eigenvalue weighted by molar-refractivity contribution is 0.102. The van der Waals surface area contributed by atoms with Crippen molar-refractivity contribution in [2.75, 3.05) is 11.5 Å². The zero-order valence-corrected chi connectivity index (χ0v) is 10.1. The fourth-order valence-corrected chi connectivity index (χ4v) is 1.76. The van der Waals surface area contributed by atoms with E-state index in [0.717, 1.165) is 5.56 Å². The van der Waals surface area contributed by atoms with Crippen LogP contribution in [0.15, 0.2) is 12.3 Å². The first-order chi connectivity index (χ1) is 7.00. The van der Waals surface area contributed by atoms with Gasteiger partial charge in [-0.05, 0) is 23.8 Å². The van der Waals surface area contributed by atoms with Gasteiger partial charge >= 0.3 is 0 Å². The standard InChI is InChI=1S/C11H16N2OS/c1-7(2)15-6-10(14)9-4-8(3)5-13-11(9)12/h4-5,7H,6H2,1-3H3,(H2,12,13). The second-order valence-corrected chi connectivity index (χ2v) is 5.29. The van der Waals surface area contributed by atoms with Gasteiger partial charge in [0, 0.05) is 6.20 Å². The minimum Gasteiger partial charge on any atom is -0.383 e. The van der Waals surface area contributed by atoms with E-state index in [1.807, 2.05) is 6.92 Å². The average molecular weight is 224 g/mol. The summed E-state index contributed by atoms with van der Waals surface area (Å²) in [5.41, 5.74) is 7.16. The molecule has 0 atom stereocenters. The molecular formula is C11H16N2OS. The summed E-state index contributed by atoms with van der Waals surface area (Å²) < 4.78 is 0. The van der Waals surface area contributed by atoms with Crippen LogP contribution in [0, 0.1) is 6.92 Å². The predicted molar refractivity (Wildman–Crippen MR) is 65.3 cm³/mol. The number of thioether (sulfide) groups is 1. The van der Waals surface area contributed by atoms with Gasteiger partial charge in [-0.3, -0.25) is 4.79 Å². The summed E-state index contributed by atoms with van der Waals surface area (Å²) in [6.45, 7) is 6.03. The number of nitrogen functional groups attached to an aromatic ring is 1. The number of hydrogen-bond donors (Lipinski definition) is 1. The molecule has 1 rings (SSSR count). The van der Waals surface area contributed by atoms with Crippen molar-refractivity contribution in [2.24, 2.45) is 0 Å². The van der Waals surface area contributed by atoms with Gasteiger partial charge < -0.3 is 5.73 Å². The number of ketones is 1. The zero-order chi connectivity index (χ0) is 11.4. The Morgan fingerprint density at radius 3 is 2.87 bits per heavy atom. The molecular weight excluding hydrogens is 208 g/mol. The smallest absolute Gasteiger partial charge is 0.176 e. The van der Waals surface area contributed by atoms with Crippen LogP contribution in [-0.2, 0) is 0 Å². The predicted octanol–water partition coefficient (Wildman–Crippen LogP) is 2.30. The molecule has 1 aromatic rings. The Bertz CT molecular complexity index is 364. The highest BCUT2D eigenvalue weighted by Crippen LogP contribution is 2.16. The topological polar surface area (TPSA) is 56.0 Å². The van der Waals surface area contributed by atoms with Crippen molar-refractivity contribution >= 4 is 23.4 Å². The monoisotopic (exact) mass is 224 g/mol. The molecule has 0 aliphatic carbocycles. The number of carbonyl (C=O) groups is 1. The molecule has 0 spiro atoms. The zero-order valence-electron chi connectivity index (χ0n) is 9.28. The van der Waals surface area contributed by atoms with Crippen molar-refractivity contribution < 1.29 is 4.79 Å². The molecule has 3 nitrogen and oxygen atoms in total. The Kier molecular flexibility index (Phi) is 4.15.